The number of rotatable bonds is 8. The van der Waals surface area contributed by atoms with Crippen LogP contribution in [0, 0.1) is 5.92 Å². The van der Waals surface area contributed by atoms with E-state index in [1.54, 1.807) is 24.3 Å². The standard InChI is InChI=1S/C18H28N2O3/c1-6-13(7-2)19-18(22)16(12(3)4)20-17(21)14-10-8-9-11-15(14)23-5/h8-13,16H,6-7H2,1-5H3,(H,19,22)(H,20,21). The largest absolute Gasteiger partial charge is 0.496 e. The lowest BCUT2D eigenvalue weighted by Crippen LogP contribution is -2.52. The first kappa shape index (κ1) is 19.0. The molecule has 0 aromatic heterocycles. The van der Waals surface area contributed by atoms with Gasteiger partial charge in [-0.3, -0.25) is 9.59 Å². The van der Waals surface area contributed by atoms with E-state index in [1.807, 2.05) is 27.7 Å². The summed E-state index contributed by atoms with van der Waals surface area (Å²) in [5.41, 5.74) is 0.427. The molecular weight excluding hydrogens is 292 g/mol. The number of para-hydroxylation sites is 1. The molecule has 0 aliphatic rings. The molecule has 2 N–H and O–H groups in total. The monoisotopic (exact) mass is 320 g/mol. The second kappa shape index (κ2) is 9.18. The van der Waals surface area contributed by atoms with Gasteiger partial charge in [-0.2, -0.15) is 0 Å². The fourth-order valence-electron chi connectivity index (χ4n) is 2.37. The van der Waals surface area contributed by atoms with Gasteiger partial charge in [0.1, 0.15) is 11.8 Å². The molecule has 0 aliphatic carbocycles. The van der Waals surface area contributed by atoms with Crippen molar-refractivity contribution in [2.75, 3.05) is 7.11 Å². The van der Waals surface area contributed by atoms with Crippen LogP contribution in [0.1, 0.15) is 50.9 Å². The summed E-state index contributed by atoms with van der Waals surface area (Å²) in [5.74, 6) is 0.0359. The number of hydrogen-bond acceptors (Lipinski definition) is 3. The quantitative estimate of drug-likeness (QED) is 0.774. The Morgan fingerprint density at radius 1 is 1.09 bits per heavy atom. The zero-order valence-corrected chi connectivity index (χ0v) is 14.7. The SMILES string of the molecule is CCC(CC)NC(=O)C(NC(=O)c1ccccc1OC)C(C)C. The van der Waals surface area contributed by atoms with Crippen LogP contribution in [0.2, 0.25) is 0 Å². The molecule has 0 heterocycles. The van der Waals surface area contributed by atoms with Crippen LogP contribution in [0.5, 0.6) is 5.75 Å². The van der Waals surface area contributed by atoms with Gasteiger partial charge in [0.25, 0.3) is 5.91 Å². The van der Waals surface area contributed by atoms with Crippen LogP contribution in [-0.2, 0) is 4.79 Å². The van der Waals surface area contributed by atoms with E-state index < -0.39 is 6.04 Å². The fourth-order valence-corrected chi connectivity index (χ4v) is 2.37. The number of carbonyl (C=O) groups excluding carboxylic acids is 2. The third-order valence-corrected chi connectivity index (χ3v) is 3.92. The van der Waals surface area contributed by atoms with Crippen molar-refractivity contribution in [2.45, 2.75) is 52.6 Å². The van der Waals surface area contributed by atoms with E-state index in [1.165, 1.54) is 7.11 Å². The summed E-state index contributed by atoms with van der Waals surface area (Å²) in [6, 6.07) is 6.54. The van der Waals surface area contributed by atoms with E-state index in [-0.39, 0.29) is 23.8 Å². The van der Waals surface area contributed by atoms with Crippen molar-refractivity contribution < 1.29 is 14.3 Å². The Morgan fingerprint density at radius 2 is 1.70 bits per heavy atom. The van der Waals surface area contributed by atoms with Crippen LogP contribution in [-0.4, -0.2) is 31.0 Å². The molecule has 128 valence electrons. The third kappa shape index (κ3) is 5.27. The smallest absolute Gasteiger partial charge is 0.255 e. The van der Waals surface area contributed by atoms with Crippen molar-refractivity contribution in [1.82, 2.24) is 10.6 Å². The maximum Gasteiger partial charge on any atom is 0.255 e. The van der Waals surface area contributed by atoms with Gasteiger partial charge in [0, 0.05) is 6.04 Å². The molecule has 5 heteroatoms. The van der Waals surface area contributed by atoms with Gasteiger partial charge in [-0.1, -0.05) is 39.8 Å². The van der Waals surface area contributed by atoms with E-state index in [2.05, 4.69) is 10.6 Å². The first-order valence-corrected chi connectivity index (χ1v) is 8.18. The van der Waals surface area contributed by atoms with Crippen LogP contribution in [0.3, 0.4) is 0 Å². The van der Waals surface area contributed by atoms with Crippen LogP contribution in [0.4, 0.5) is 0 Å². The molecular formula is C18H28N2O3. The van der Waals surface area contributed by atoms with Crippen LogP contribution >= 0.6 is 0 Å². The average molecular weight is 320 g/mol. The van der Waals surface area contributed by atoms with Crippen LogP contribution in [0.25, 0.3) is 0 Å². The minimum absolute atomic E-state index is 0.0111. The highest BCUT2D eigenvalue weighted by molar-refractivity contribution is 5.99. The van der Waals surface area contributed by atoms with Gasteiger partial charge in [-0.15, -0.1) is 0 Å². The molecule has 0 saturated carbocycles. The van der Waals surface area contributed by atoms with Crippen LogP contribution < -0.4 is 15.4 Å². The average Bonchev–Trinajstić information content (AvgIpc) is 2.56. The summed E-state index contributed by atoms with van der Waals surface area (Å²) >= 11 is 0. The van der Waals surface area contributed by atoms with E-state index >= 15 is 0 Å². The number of hydrogen-bond donors (Lipinski definition) is 2. The minimum Gasteiger partial charge on any atom is -0.496 e. The number of ether oxygens (including phenoxy) is 1. The first-order valence-electron chi connectivity index (χ1n) is 8.18. The Balaban J connectivity index is 2.87. The molecule has 0 fully saturated rings. The topological polar surface area (TPSA) is 67.4 Å². The Bertz CT molecular complexity index is 525. The highest BCUT2D eigenvalue weighted by Gasteiger charge is 2.26. The zero-order chi connectivity index (χ0) is 17.4. The molecule has 23 heavy (non-hydrogen) atoms. The first-order chi connectivity index (χ1) is 10.9. The molecule has 1 aromatic carbocycles. The maximum atomic E-state index is 12.5. The lowest BCUT2D eigenvalue weighted by molar-refractivity contribution is -0.124. The van der Waals surface area contributed by atoms with Crippen LogP contribution in [0.15, 0.2) is 24.3 Å². The Kier molecular flexibility index (Phi) is 7.59. The van der Waals surface area contributed by atoms with E-state index in [0.717, 1.165) is 12.8 Å². The molecule has 0 saturated heterocycles. The van der Waals surface area contributed by atoms with Gasteiger partial charge < -0.3 is 15.4 Å². The molecule has 1 rings (SSSR count). The molecule has 0 radical (unpaired) electrons. The Morgan fingerprint density at radius 3 is 2.22 bits per heavy atom. The highest BCUT2D eigenvalue weighted by Crippen LogP contribution is 2.17. The second-order valence-electron chi connectivity index (χ2n) is 5.92. The van der Waals surface area contributed by atoms with Gasteiger partial charge in [-0.25, -0.2) is 0 Å². The van der Waals surface area contributed by atoms with Gasteiger partial charge in [0.2, 0.25) is 5.91 Å². The number of amides is 2. The van der Waals surface area contributed by atoms with Gasteiger partial charge >= 0.3 is 0 Å². The number of carbonyl (C=O) groups is 2. The molecule has 1 unspecified atom stereocenters. The van der Waals surface area contributed by atoms with Crippen molar-refractivity contribution in [2.24, 2.45) is 5.92 Å². The number of benzene rings is 1. The number of nitrogens with one attached hydrogen (secondary N) is 2. The lowest BCUT2D eigenvalue weighted by Gasteiger charge is -2.25. The highest BCUT2D eigenvalue weighted by atomic mass is 16.5. The second-order valence-corrected chi connectivity index (χ2v) is 5.92. The van der Waals surface area contributed by atoms with Crippen molar-refractivity contribution in [3.05, 3.63) is 29.8 Å². The van der Waals surface area contributed by atoms with Crippen molar-refractivity contribution in [1.29, 1.82) is 0 Å². The van der Waals surface area contributed by atoms with E-state index in [9.17, 15) is 9.59 Å². The predicted molar refractivity (Wildman–Crippen MR) is 91.6 cm³/mol. The van der Waals surface area contributed by atoms with Gasteiger partial charge in [0.05, 0.1) is 12.7 Å². The fraction of sp³-hybridized carbons (Fsp3) is 0.556. The maximum absolute atomic E-state index is 12.5. The van der Waals surface area contributed by atoms with Crippen molar-refractivity contribution in [3.8, 4) is 5.75 Å². The predicted octanol–water partition coefficient (Wildman–Crippen LogP) is 2.75. The van der Waals surface area contributed by atoms with Gasteiger partial charge in [-0.05, 0) is 30.9 Å². The molecule has 0 aliphatic heterocycles. The normalized spacial score (nSPS) is 12.1. The summed E-state index contributed by atoms with van der Waals surface area (Å²) < 4.78 is 5.21. The molecule has 2 amide bonds. The summed E-state index contributed by atoms with van der Waals surface area (Å²) in [6.07, 6.45) is 1.74. The Hall–Kier alpha value is -2.04. The molecule has 0 spiro atoms. The van der Waals surface area contributed by atoms with E-state index in [0.29, 0.717) is 11.3 Å². The molecule has 0 bridgehead atoms. The summed E-state index contributed by atoms with van der Waals surface area (Å²) in [4.78, 5) is 25.0. The lowest BCUT2D eigenvalue weighted by atomic mass is 10.0. The molecule has 5 nitrogen and oxygen atoms in total. The number of methoxy groups -OCH3 is 1. The summed E-state index contributed by atoms with van der Waals surface area (Å²) in [5, 5.41) is 5.83. The van der Waals surface area contributed by atoms with Crippen molar-refractivity contribution >= 4 is 11.8 Å². The van der Waals surface area contributed by atoms with Crippen molar-refractivity contribution in [3.63, 3.8) is 0 Å². The summed E-state index contributed by atoms with van der Waals surface area (Å²) in [6.45, 7) is 7.90. The van der Waals surface area contributed by atoms with E-state index in [4.69, 9.17) is 4.74 Å². The third-order valence-electron chi connectivity index (χ3n) is 3.92. The molecule has 1 aromatic rings. The zero-order valence-electron chi connectivity index (χ0n) is 14.7. The van der Waals surface area contributed by atoms with Gasteiger partial charge in [0.15, 0.2) is 0 Å². The summed E-state index contributed by atoms with van der Waals surface area (Å²) in [7, 11) is 1.52. The Labute approximate surface area is 138 Å². The molecule has 1 atom stereocenters. The minimum atomic E-state index is -0.576.